The van der Waals surface area contributed by atoms with Gasteiger partial charge in [-0.25, -0.2) is 19.2 Å². The summed E-state index contributed by atoms with van der Waals surface area (Å²) in [7, 11) is 1.59. The molecule has 0 bridgehead atoms. The monoisotopic (exact) mass is 456 g/mol. The van der Waals surface area contributed by atoms with Crippen LogP contribution in [0.25, 0.3) is 5.69 Å². The van der Waals surface area contributed by atoms with Crippen molar-refractivity contribution in [2.24, 2.45) is 13.0 Å². The maximum atomic E-state index is 15.2. The summed E-state index contributed by atoms with van der Waals surface area (Å²) in [4.78, 5) is 33.6. The molecule has 3 rings (SSSR count). The molecular weight excluding hydrogens is 427 g/mol. The van der Waals surface area contributed by atoms with Gasteiger partial charge in [-0.15, -0.1) is 5.10 Å². The van der Waals surface area contributed by atoms with Gasteiger partial charge in [0.2, 0.25) is 5.95 Å². The van der Waals surface area contributed by atoms with Crippen molar-refractivity contribution in [3.8, 4) is 11.4 Å². The number of carbonyl (C=O) groups is 1. The Morgan fingerprint density at radius 2 is 1.82 bits per heavy atom. The average molecular weight is 457 g/mol. The van der Waals surface area contributed by atoms with Gasteiger partial charge in [-0.1, -0.05) is 27.7 Å². The lowest BCUT2D eigenvalue weighted by Crippen LogP contribution is -2.24. The van der Waals surface area contributed by atoms with E-state index < -0.39 is 17.4 Å². The number of anilines is 1. The van der Waals surface area contributed by atoms with E-state index in [0.717, 1.165) is 17.2 Å². The predicted octanol–water partition coefficient (Wildman–Crippen LogP) is 3.69. The Balaban J connectivity index is 2.09. The number of carbonyl (C=O) groups excluding carboxylic acids is 1. The number of amides is 1. The highest BCUT2D eigenvalue weighted by molar-refractivity contribution is 6.05. The minimum absolute atomic E-state index is 0.0348. The van der Waals surface area contributed by atoms with Gasteiger partial charge < -0.3 is 4.74 Å². The second-order valence-corrected chi connectivity index (χ2v) is 8.65. The molecule has 2 aromatic heterocycles. The number of hydrogen-bond acceptors (Lipinski definition) is 6. The molecule has 0 spiro atoms. The lowest BCUT2D eigenvalue weighted by molar-refractivity contribution is 0.101. The van der Waals surface area contributed by atoms with E-state index in [2.05, 4.69) is 34.2 Å². The third-order valence-electron chi connectivity index (χ3n) is 4.98. The van der Waals surface area contributed by atoms with Crippen LogP contribution in [0.4, 0.5) is 10.3 Å². The Kier molecular flexibility index (Phi) is 7.25. The first kappa shape index (κ1) is 24.1. The normalized spacial score (nSPS) is 12.3. The summed E-state index contributed by atoms with van der Waals surface area (Å²) in [5.74, 6) is -0.375. The predicted molar refractivity (Wildman–Crippen MR) is 122 cm³/mol. The van der Waals surface area contributed by atoms with Crippen LogP contribution in [0.2, 0.25) is 0 Å². The summed E-state index contributed by atoms with van der Waals surface area (Å²) >= 11 is 0. The Labute approximate surface area is 191 Å². The van der Waals surface area contributed by atoms with E-state index in [0.29, 0.717) is 11.7 Å². The summed E-state index contributed by atoms with van der Waals surface area (Å²) in [5.41, 5.74) is -0.622. The van der Waals surface area contributed by atoms with E-state index in [9.17, 15) is 9.59 Å². The summed E-state index contributed by atoms with van der Waals surface area (Å²) in [5, 5.41) is 6.84. The fourth-order valence-electron chi connectivity index (χ4n) is 3.55. The van der Waals surface area contributed by atoms with E-state index in [1.807, 2.05) is 20.8 Å². The highest BCUT2D eigenvalue weighted by Gasteiger charge is 2.23. The highest BCUT2D eigenvalue weighted by Crippen LogP contribution is 2.28. The molecule has 1 unspecified atom stereocenters. The van der Waals surface area contributed by atoms with Gasteiger partial charge in [0.05, 0.1) is 11.7 Å². The quantitative estimate of drug-likeness (QED) is 0.554. The molecule has 0 fully saturated rings. The van der Waals surface area contributed by atoms with Gasteiger partial charge in [-0.3, -0.25) is 14.7 Å². The van der Waals surface area contributed by atoms with Crippen LogP contribution >= 0.6 is 0 Å². The van der Waals surface area contributed by atoms with Gasteiger partial charge in [0.15, 0.2) is 0 Å². The van der Waals surface area contributed by atoms with Crippen LogP contribution in [0, 0.1) is 11.7 Å². The van der Waals surface area contributed by atoms with Crippen LogP contribution < -0.4 is 15.7 Å². The Morgan fingerprint density at radius 3 is 2.39 bits per heavy atom. The molecule has 0 saturated carbocycles. The SMILES string of the molecule is CC(C)CC(C)Oc1cc(-n2nc(C(C)C)n(C)c2=O)c(F)cc1C(=O)Nc1ncccn1. The maximum Gasteiger partial charge on any atom is 0.350 e. The number of ether oxygens (including phenoxy) is 1. The Morgan fingerprint density at radius 1 is 1.15 bits per heavy atom. The fraction of sp³-hybridized carbons (Fsp3) is 0.435. The largest absolute Gasteiger partial charge is 0.490 e. The molecule has 0 aliphatic carbocycles. The van der Waals surface area contributed by atoms with Crippen LogP contribution in [-0.2, 0) is 7.05 Å². The van der Waals surface area contributed by atoms with Gasteiger partial charge in [0.1, 0.15) is 23.1 Å². The second kappa shape index (κ2) is 9.93. The highest BCUT2D eigenvalue weighted by atomic mass is 19.1. The molecule has 0 aliphatic rings. The first-order valence-corrected chi connectivity index (χ1v) is 10.8. The summed E-state index contributed by atoms with van der Waals surface area (Å²) in [6.45, 7) is 9.76. The lowest BCUT2D eigenvalue weighted by atomic mass is 10.1. The van der Waals surface area contributed by atoms with Crippen molar-refractivity contribution in [1.82, 2.24) is 24.3 Å². The molecule has 1 atom stereocenters. The summed E-state index contributed by atoms with van der Waals surface area (Å²) in [6, 6.07) is 3.99. The number of nitrogens with one attached hydrogen (secondary N) is 1. The number of hydrogen-bond donors (Lipinski definition) is 1. The third kappa shape index (κ3) is 5.44. The molecule has 0 saturated heterocycles. The van der Waals surface area contributed by atoms with E-state index in [4.69, 9.17) is 4.74 Å². The standard InChI is InChI=1S/C23H29FN6O3/c1-13(2)10-15(5)33-19-12-18(30-23(32)29(6)20(28-30)14(3)4)17(24)11-16(19)21(31)27-22-25-8-7-9-26-22/h7-9,11-15H,10H2,1-6H3,(H,25,26,27,31). The Hall–Kier alpha value is -3.56. The summed E-state index contributed by atoms with van der Waals surface area (Å²) < 4.78 is 23.6. The molecule has 33 heavy (non-hydrogen) atoms. The number of rotatable bonds is 8. The summed E-state index contributed by atoms with van der Waals surface area (Å²) in [6.07, 6.45) is 3.42. The molecule has 10 heteroatoms. The van der Waals surface area contributed by atoms with Gasteiger partial charge in [0, 0.05) is 31.4 Å². The molecule has 2 heterocycles. The molecule has 1 amide bonds. The van der Waals surface area contributed by atoms with Gasteiger partial charge in [0.25, 0.3) is 5.91 Å². The molecule has 3 aromatic rings. The molecular formula is C23H29FN6O3. The zero-order chi connectivity index (χ0) is 24.3. The second-order valence-electron chi connectivity index (χ2n) is 8.65. The van der Waals surface area contributed by atoms with Crippen molar-refractivity contribution in [1.29, 1.82) is 0 Å². The van der Waals surface area contributed by atoms with Crippen LogP contribution in [0.5, 0.6) is 5.75 Å². The topological polar surface area (TPSA) is 104 Å². The Bertz CT molecular complexity index is 1190. The van der Waals surface area contributed by atoms with E-state index in [1.54, 1.807) is 13.1 Å². The first-order chi connectivity index (χ1) is 15.6. The molecule has 1 aromatic carbocycles. The minimum atomic E-state index is -0.784. The van der Waals surface area contributed by atoms with Gasteiger partial charge in [-0.2, -0.15) is 4.68 Å². The van der Waals surface area contributed by atoms with E-state index in [1.165, 1.54) is 23.0 Å². The number of halogens is 1. The van der Waals surface area contributed by atoms with Crippen molar-refractivity contribution in [2.45, 2.75) is 53.1 Å². The molecule has 176 valence electrons. The van der Waals surface area contributed by atoms with Crippen molar-refractivity contribution in [3.63, 3.8) is 0 Å². The fourth-order valence-corrected chi connectivity index (χ4v) is 3.55. The smallest absolute Gasteiger partial charge is 0.350 e. The van der Waals surface area contributed by atoms with Crippen molar-refractivity contribution in [3.05, 3.63) is 58.3 Å². The number of nitrogens with zero attached hydrogens (tertiary/aromatic N) is 5. The van der Waals surface area contributed by atoms with Crippen molar-refractivity contribution in [2.75, 3.05) is 5.32 Å². The minimum Gasteiger partial charge on any atom is -0.490 e. The van der Waals surface area contributed by atoms with Crippen molar-refractivity contribution < 1.29 is 13.9 Å². The van der Waals surface area contributed by atoms with Crippen LogP contribution in [0.15, 0.2) is 35.4 Å². The van der Waals surface area contributed by atoms with Crippen molar-refractivity contribution >= 4 is 11.9 Å². The number of benzene rings is 1. The van der Waals surface area contributed by atoms with E-state index in [-0.39, 0.29) is 35.0 Å². The lowest BCUT2D eigenvalue weighted by Gasteiger charge is -2.19. The zero-order valence-corrected chi connectivity index (χ0v) is 19.7. The first-order valence-electron chi connectivity index (χ1n) is 10.8. The van der Waals surface area contributed by atoms with Gasteiger partial charge >= 0.3 is 5.69 Å². The van der Waals surface area contributed by atoms with Crippen LogP contribution in [0.3, 0.4) is 0 Å². The zero-order valence-electron chi connectivity index (χ0n) is 19.7. The van der Waals surface area contributed by atoms with Gasteiger partial charge in [-0.05, 0) is 31.4 Å². The maximum absolute atomic E-state index is 15.2. The molecule has 9 nitrogen and oxygen atoms in total. The molecule has 1 N–H and O–H groups in total. The van der Waals surface area contributed by atoms with Crippen LogP contribution in [-0.4, -0.2) is 36.3 Å². The number of aromatic nitrogens is 5. The van der Waals surface area contributed by atoms with E-state index >= 15 is 4.39 Å². The third-order valence-corrected chi connectivity index (χ3v) is 4.98. The van der Waals surface area contributed by atoms with Crippen LogP contribution in [0.1, 0.15) is 63.1 Å². The molecule has 0 radical (unpaired) electrons. The average Bonchev–Trinajstić information content (AvgIpc) is 3.04. The molecule has 0 aliphatic heterocycles.